The summed E-state index contributed by atoms with van der Waals surface area (Å²) in [5.41, 5.74) is 0.411. The molecule has 1 aromatic carbocycles. The molecule has 0 spiro atoms. The average molecular weight is 252 g/mol. The Bertz CT molecular complexity index is 454. The third kappa shape index (κ3) is 2.02. The van der Waals surface area contributed by atoms with E-state index < -0.39 is 11.4 Å². The average Bonchev–Trinajstić information content (AvgIpc) is 2.72. The Balaban J connectivity index is 2.30. The number of hydrogen-bond acceptors (Lipinski definition) is 3. The van der Waals surface area contributed by atoms with Gasteiger partial charge in [-0.25, -0.2) is 0 Å². The number of carbonyl (C=O) groups is 1. The molecule has 4 heteroatoms. The summed E-state index contributed by atoms with van der Waals surface area (Å²) in [7, 11) is 1.65. The number of thioether (sulfide) groups is 1. The molecule has 2 rings (SSSR count). The molecule has 0 radical (unpaired) electrons. The lowest BCUT2D eigenvalue weighted by Gasteiger charge is -2.25. The fourth-order valence-electron chi connectivity index (χ4n) is 1.97. The van der Waals surface area contributed by atoms with Crippen molar-refractivity contribution in [3.8, 4) is 5.75 Å². The lowest BCUT2D eigenvalue weighted by Crippen LogP contribution is -2.34. The lowest BCUT2D eigenvalue weighted by atomic mass is 9.86. The zero-order valence-electron chi connectivity index (χ0n) is 10.2. The van der Waals surface area contributed by atoms with Gasteiger partial charge in [-0.3, -0.25) is 4.79 Å². The van der Waals surface area contributed by atoms with Gasteiger partial charge in [0.25, 0.3) is 0 Å². The fraction of sp³-hybridized carbons (Fsp3) is 0.462. The summed E-state index contributed by atoms with van der Waals surface area (Å²) in [5, 5.41) is 9.32. The first-order chi connectivity index (χ1) is 7.96. The Morgan fingerprint density at radius 1 is 1.53 bits per heavy atom. The Labute approximate surface area is 105 Å². The third-order valence-electron chi connectivity index (χ3n) is 3.32. The van der Waals surface area contributed by atoms with Gasteiger partial charge in [0.2, 0.25) is 0 Å². The van der Waals surface area contributed by atoms with E-state index in [-0.39, 0.29) is 5.25 Å². The van der Waals surface area contributed by atoms with Crippen molar-refractivity contribution >= 4 is 17.7 Å². The number of methoxy groups -OCH3 is 1. The molecular formula is C13H16O3S. The maximum atomic E-state index is 11.3. The molecule has 0 amide bonds. The smallest absolute Gasteiger partial charge is 0.310 e. The van der Waals surface area contributed by atoms with Crippen LogP contribution in [-0.2, 0) is 11.2 Å². The van der Waals surface area contributed by atoms with E-state index in [9.17, 15) is 9.90 Å². The van der Waals surface area contributed by atoms with Crippen LogP contribution in [0, 0.1) is 5.41 Å². The first-order valence-corrected chi connectivity index (χ1v) is 6.40. The first kappa shape index (κ1) is 12.3. The molecule has 0 aliphatic carbocycles. The van der Waals surface area contributed by atoms with Crippen LogP contribution in [0.5, 0.6) is 5.75 Å². The molecule has 1 N–H and O–H groups in total. The van der Waals surface area contributed by atoms with Crippen LogP contribution in [0.3, 0.4) is 0 Å². The fourth-order valence-corrected chi connectivity index (χ4v) is 3.40. The summed E-state index contributed by atoms with van der Waals surface area (Å²) in [5.74, 6) is 0.112. The highest BCUT2D eigenvalue weighted by Gasteiger charge is 2.41. The van der Waals surface area contributed by atoms with Crippen LogP contribution in [0.1, 0.15) is 19.4 Å². The first-order valence-electron chi connectivity index (χ1n) is 5.52. The molecule has 1 unspecified atom stereocenters. The second-order valence-corrected chi connectivity index (χ2v) is 6.02. The SMILES string of the molecule is COc1cccc2c1CC(C(C)(C)C(=O)O)S2. The molecule has 0 aromatic heterocycles. The van der Waals surface area contributed by atoms with E-state index in [0.29, 0.717) is 0 Å². The van der Waals surface area contributed by atoms with Gasteiger partial charge in [0, 0.05) is 15.7 Å². The van der Waals surface area contributed by atoms with Crippen LogP contribution >= 0.6 is 11.8 Å². The molecule has 1 heterocycles. The van der Waals surface area contributed by atoms with Gasteiger partial charge in [0.15, 0.2) is 0 Å². The van der Waals surface area contributed by atoms with Gasteiger partial charge in [-0.1, -0.05) is 6.07 Å². The highest BCUT2D eigenvalue weighted by atomic mass is 32.2. The minimum atomic E-state index is -0.748. The summed E-state index contributed by atoms with van der Waals surface area (Å²) in [6.07, 6.45) is 0.753. The van der Waals surface area contributed by atoms with Crippen molar-refractivity contribution in [3.05, 3.63) is 23.8 Å². The quantitative estimate of drug-likeness (QED) is 0.898. The highest BCUT2D eigenvalue weighted by Crippen LogP contribution is 2.47. The van der Waals surface area contributed by atoms with Gasteiger partial charge < -0.3 is 9.84 Å². The van der Waals surface area contributed by atoms with Gasteiger partial charge >= 0.3 is 5.97 Å². The van der Waals surface area contributed by atoms with Gasteiger partial charge in [0.05, 0.1) is 12.5 Å². The summed E-state index contributed by atoms with van der Waals surface area (Å²) in [6, 6.07) is 5.90. The topological polar surface area (TPSA) is 46.5 Å². The number of ether oxygens (including phenoxy) is 1. The van der Waals surface area contributed by atoms with Gasteiger partial charge in [-0.05, 0) is 32.4 Å². The van der Waals surface area contributed by atoms with Crippen LogP contribution in [-0.4, -0.2) is 23.4 Å². The van der Waals surface area contributed by atoms with Crippen LogP contribution in [0.2, 0.25) is 0 Å². The largest absolute Gasteiger partial charge is 0.496 e. The van der Waals surface area contributed by atoms with Crippen LogP contribution in [0.15, 0.2) is 23.1 Å². The maximum absolute atomic E-state index is 11.3. The number of fused-ring (bicyclic) bond motifs is 1. The van der Waals surface area contributed by atoms with Crippen molar-refractivity contribution in [1.29, 1.82) is 0 Å². The summed E-state index contributed by atoms with van der Waals surface area (Å²) < 4.78 is 5.32. The molecule has 92 valence electrons. The Kier molecular flexibility index (Phi) is 3.08. The normalized spacial score (nSPS) is 18.9. The molecule has 0 saturated carbocycles. The number of rotatable bonds is 3. The molecule has 0 fully saturated rings. The third-order valence-corrected chi connectivity index (χ3v) is 5.00. The van der Waals surface area contributed by atoms with Crippen LogP contribution in [0.25, 0.3) is 0 Å². The summed E-state index contributed by atoms with van der Waals surface area (Å²) in [6.45, 7) is 3.57. The van der Waals surface area contributed by atoms with E-state index in [2.05, 4.69) is 0 Å². The van der Waals surface area contributed by atoms with Crippen molar-refractivity contribution in [2.45, 2.75) is 30.4 Å². The van der Waals surface area contributed by atoms with E-state index in [1.165, 1.54) is 0 Å². The second kappa shape index (κ2) is 4.26. The predicted molar refractivity (Wildman–Crippen MR) is 67.8 cm³/mol. The van der Waals surface area contributed by atoms with Crippen LogP contribution in [0.4, 0.5) is 0 Å². The minimum Gasteiger partial charge on any atom is -0.496 e. The summed E-state index contributed by atoms with van der Waals surface area (Å²) in [4.78, 5) is 12.4. The number of hydrogen-bond donors (Lipinski definition) is 1. The van der Waals surface area contributed by atoms with Crippen molar-refractivity contribution in [3.63, 3.8) is 0 Å². The van der Waals surface area contributed by atoms with Crippen molar-refractivity contribution < 1.29 is 14.6 Å². The Hall–Kier alpha value is -1.16. The van der Waals surface area contributed by atoms with Crippen molar-refractivity contribution in [2.24, 2.45) is 5.41 Å². The lowest BCUT2D eigenvalue weighted by molar-refractivity contribution is -0.146. The molecule has 0 saturated heterocycles. The molecular weight excluding hydrogens is 236 g/mol. The molecule has 1 atom stereocenters. The molecule has 1 aliphatic heterocycles. The second-order valence-electron chi connectivity index (χ2n) is 4.77. The monoisotopic (exact) mass is 252 g/mol. The number of benzene rings is 1. The van der Waals surface area contributed by atoms with Gasteiger partial charge in [-0.15, -0.1) is 11.8 Å². The Morgan fingerprint density at radius 3 is 2.82 bits per heavy atom. The van der Waals surface area contributed by atoms with Crippen LogP contribution < -0.4 is 4.74 Å². The van der Waals surface area contributed by atoms with E-state index in [0.717, 1.165) is 22.6 Å². The zero-order valence-corrected chi connectivity index (χ0v) is 11.0. The molecule has 0 bridgehead atoms. The minimum absolute atomic E-state index is 0.0614. The van der Waals surface area contributed by atoms with E-state index in [1.54, 1.807) is 32.7 Å². The Morgan fingerprint density at radius 2 is 2.24 bits per heavy atom. The molecule has 17 heavy (non-hydrogen) atoms. The molecule has 3 nitrogen and oxygen atoms in total. The van der Waals surface area contributed by atoms with E-state index in [1.807, 2.05) is 18.2 Å². The zero-order chi connectivity index (χ0) is 12.6. The maximum Gasteiger partial charge on any atom is 0.310 e. The predicted octanol–water partition coefficient (Wildman–Crippen LogP) is 2.82. The highest BCUT2D eigenvalue weighted by molar-refractivity contribution is 8.00. The number of aliphatic carboxylic acids is 1. The summed E-state index contributed by atoms with van der Waals surface area (Å²) >= 11 is 1.64. The number of carboxylic acids is 1. The standard InChI is InChI=1S/C13H16O3S/c1-13(2,12(14)15)11-7-8-9(16-3)5-4-6-10(8)17-11/h4-6,11H,7H2,1-3H3,(H,14,15). The van der Waals surface area contributed by atoms with Gasteiger partial charge in [0.1, 0.15) is 5.75 Å². The van der Waals surface area contributed by atoms with E-state index >= 15 is 0 Å². The number of carboxylic acid groups (broad SMARTS) is 1. The van der Waals surface area contributed by atoms with Gasteiger partial charge in [-0.2, -0.15) is 0 Å². The van der Waals surface area contributed by atoms with E-state index in [4.69, 9.17) is 4.74 Å². The van der Waals surface area contributed by atoms with Crippen molar-refractivity contribution in [1.82, 2.24) is 0 Å². The van der Waals surface area contributed by atoms with Crippen molar-refractivity contribution in [2.75, 3.05) is 7.11 Å². The molecule has 1 aliphatic rings. The molecule has 1 aromatic rings.